The second-order valence-corrected chi connectivity index (χ2v) is 9.10. The van der Waals surface area contributed by atoms with Crippen molar-refractivity contribution in [3.05, 3.63) is 59.9 Å². The molecule has 30 heavy (non-hydrogen) atoms. The molecule has 1 aromatic heterocycles. The Bertz CT molecular complexity index is 1030. The SMILES string of the molecule is CC(=O)N1CCC[C@@H]1c1nc2ccccc2n1CCOc1ccc(C(C)(C)C)cc1. The van der Waals surface area contributed by atoms with Gasteiger partial charge in [0.1, 0.15) is 18.2 Å². The van der Waals surface area contributed by atoms with Crippen LogP contribution >= 0.6 is 0 Å². The summed E-state index contributed by atoms with van der Waals surface area (Å²) in [5.41, 5.74) is 3.49. The molecule has 0 spiro atoms. The van der Waals surface area contributed by atoms with E-state index in [1.165, 1.54) is 5.56 Å². The van der Waals surface area contributed by atoms with E-state index in [-0.39, 0.29) is 17.4 Å². The maximum atomic E-state index is 12.1. The zero-order valence-corrected chi connectivity index (χ0v) is 18.4. The largest absolute Gasteiger partial charge is 0.492 e. The first kappa shape index (κ1) is 20.5. The Kier molecular flexibility index (Phi) is 5.54. The molecule has 0 saturated carbocycles. The lowest BCUT2D eigenvalue weighted by molar-refractivity contribution is -0.129. The van der Waals surface area contributed by atoms with Gasteiger partial charge in [0.25, 0.3) is 0 Å². The van der Waals surface area contributed by atoms with Crippen molar-refractivity contribution in [3.8, 4) is 5.75 Å². The minimum atomic E-state index is 0.0426. The van der Waals surface area contributed by atoms with Crippen molar-refractivity contribution in [2.24, 2.45) is 0 Å². The summed E-state index contributed by atoms with van der Waals surface area (Å²) < 4.78 is 8.29. The number of benzene rings is 2. The van der Waals surface area contributed by atoms with Gasteiger partial charge in [-0.15, -0.1) is 0 Å². The Morgan fingerprint density at radius 1 is 1.13 bits per heavy atom. The molecule has 1 fully saturated rings. The van der Waals surface area contributed by atoms with E-state index in [0.29, 0.717) is 13.2 Å². The van der Waals surface area contributed by atoms with E-state index in [1.54, 1.807) is 6.92 Å². The predicted octanol–water partition coefficient (Wildman–Crippen LogP) is 5.10. The van der Waals surface area contributed by atoms with Gasteiger partial charge < -0.3 is 14.2 Å². The molecule has 1 aliphatic rings. The van der Waals surface area contributed by atoms with Crippen molar-refractivity contribution in [2.45, 2.75) is 58.5 Å². The molecular formula is C25H31N3O2. The van der Waals surface area contributed by atoms with Crippen molar-refractivity contribution in [1.82, 2.24) is 14.5 Å². The smallest absolute Gasteiger partial charge is 0.220 e. The predicted molar refractivity (Wildman–Crippen MR) is 120 cm³/mol. The molecule has 1 saturated heterocycles. The summed E-state index contributed by atoms with van der Waals surface area (Å²) in [5.74, 6) is 1.96. The Morgan fingerprint density at radius 3 is 2.57 bits per heavy atom. The first-order valence-corrected chi connectivity index (χ1v) is 10.8. The summed E-state index contributed by atoms with van der Waals surface area (Å²) in [6.45, 7) is 10.3. The fourth-order valence-electron chi connectivity index (χ4n) is 4.30. The van der Waals surface area contributed by atoms with E-state index < -0.39 is 0 Å². The van der Waals surface area contributed by atoms with Crippen LogP contribution in [0, 0.1) is 0 Å². The number of fused-ring (bicyclic) bond motifs is 1. The molecule has 0 radical (unpaired) electrons. The maximum Gasteiger partial charge on any atom is 0.220 e. The van der Waals surface area contributed by atoms with Crippen molar-refractivity contribution >= 4 is 16.9 Å². The number of carbonyl (C=O) groups is 1. The Hall–Kier alpha value is -2.82. The maximum absolute atomic E-state index is 12.1. The summed E-state index contributed by atoms with van der Waals surface area (Å²) in [6.07, 6.45) is 1.97. The van der Waals surface area contributed by atoms with Crippen LogP contribution in [0.15, 0.2) is 48.5 Å². The molecule has 5 heteroatoms. The fourth-order valence-corrected chi connectivity index (χ4v) is 4.30. The molecule has 0 N–H and O–H groups in total. The Labute approximate surface area is 178 Å². The molecule has 3 aromatic rings. The standard InChI is InChI=1S/C25H31N3O2/c1-18(29)27-15-7-10-23(27)24-26-21-8-5-6-9-22(21)28(24)16-17-30-20-13-11-19(12-14-20)25(2,3)4/h5-6,8-9,11-14,23H,7,10,15-17H2,1-4H3/t23-/m1/s1. The lowest BCUT2D eigenvalue weighted by Crippen LogP contribution is -2.30. The van der Waals surface area contributed by atoms with Gasteiger partial charge in [0, 0.05) is 13.5 Å². The number of rotatable bonds is 5. The molecule has 2 heterocycles. The van der Waals surface area contributed by atoms with Crippen molar-refractivity contribution in [3.63, 3.8) is 0 Å². The Balaban J connectivity index is 1.54. The second-order valence-electron chi connectivity index (χ2n) is 9.10. The first-order chi connectivity index (χ1) is 14.3. The van der Waals surface area contributed by atoms with Crippen LogP contribution in [-0.4, -0.2) is 33.5 Å². The van der Waals surface area contributed by atoms with Gasteiger partial charge >= 0.3 is 0 Å². The van der Waals surface area contributed by atoms with Crippen molar-refractivity contribution < 1.29 is 9.53 Å². The summed E-state index contributed by atoms with van der Waals surface area (Å²) in [5, 5.41) is 0. The number of imidazole rings is 1. The topological polar surface area (TPSA) is 47.4 Å². The first-order valence-electron chi connectivity index (χ1n) is 10.8. The van der Waals surface area contributed by atoms with Gasteiger partial charge in [-0.2, -0.15) is 0 Å². The number of para-hydroxylation sites is 2. The number of ether oxygens (including phenoxy) is 1. The van der Waals surface area contributed by atoms with Crippen LogP contribution in [0.25, 0.3) is 11.0 Å². The molecule has 4 rings (SSSR count). The molecule has 5 nitrogen and oxygen atoms in total. The van der Waals surface area contributed by atoms with E-state index in [0.717, 1.165) is 42.0 Å². The quantitative estimate of drug-likeness (QED) is 0.594. The molecule has 1 atom stereocenters. The van der Waals surface area contributed by atoms with Crippen molar-refractivity contribution in [1.29, 1.82) is 0 Å². The summed E-state index contributed by atoms with van der Waals surface area (Å²) >= 11 is 0. The second kappa shape index (κ2) is 8.13. The van der Waals surface area contributed by atoms with Crippen LogP contribution in [0.1, 0.15) is 58.0 Å². The minimum Gasteiger partial charge on any atom is -0.492 e. The molecule has 158 valence electrons. The Morgan fingerprint density at radius 2 is 1.87 bits per heavy atom. The van der Waals surface area contributed by atoms with Gasteiger partial charge in [0.15, 0.2) is 0 Å². The summed E-state index contributed by atoms with van der Waals surface area (Å²) in [4.78, 5) is 19.0. The number of nitrogens with zero attached hydrogens (tertiary/aromatic N) is 3. The average Bonchev–Trinajstić information content (AvgIpc) is 3.33. The number of hydrogen-bond donors (Lipinski definition) is 0. The van der Waals surface area contributed by atoms with Crippen LogP contribution < -0.4 is 4.74 Å². The molecule has 1 amide bonds. The molecule has 1 aliphatic heterocycles. The van der Waals surface area contributed by atoms with E-state index in [2.05, 4.69) is 43.5 Å². The number of carbonyl (C=O) groups excluding carboxylic acids is 1. The zero-order chi connectivity index (χ0) is 21.3. The lowest BCUT2D eigenvalue weighted by Gasteiger charge is -2.24. The molecule has 0 aliphatic carbocycles. The van der Waals surface area contributed by atoms with Crippen LogP contribution in [-0.2, 0) is 16.8 Å². The fraction of sp³-hybridized carbons (Fsp3) is 0.440. The van der Waals surface area contributed by atoms with Crippen molar-refractivity contribution in [2.75, 3.05) is 13.2 Å². The highest BCUT2D eigenvalue weighted by molar-refractivity contribution is 5.77. The highest BCUT2D eigenvalue weighted by atomic mass is 16.5. The third kappa shape index (κ3) is 4.07. The van der Waals surface area contributed by atoms with Gasteiger partial charge in [-0.25, -0.2) is 4.98 Å². The lowest BCUT2D eigenvalue weighted by atomic mass is 9.87. The monoisotopic (exact) mass is 405 g/mol. The highest BCUT2D eigenvalue weighted by Crippen LogP contribution is 2.33. The summed E-state index contributed by atoms with van der Waals surface area (Å²) in [7, 11) is 0. The van der Waals surface area contributed by atoms with E-state index >= 15 is 0 Å². The normalized spacial score (nSPS) is 16.9. The van der Waals surface area contributed by atoms with Gasteiger partial charge in [0.05, 0.1) is 23.6 Å². The van der Waals surface area contributed by atoms with E-state index in [9.17, 15) is 4.79 Å². The third-order valence-corrected chi connectivity index (χ3v) is 5.94. The van der Waals surface area contributed by atoms with E-state index in [1.807, 2.05) is 35.2 Å². The third-order valence-electron chi connectivity index (χ3n) is 5.94. The van der Waals surface area contributed by atoms with Crippen LogP contribution in [0.2, 0.25) is 0 Å². The van der Waals surface area contributed by atoms with Crippen LogP contribution in [0.5, 0.6) is 5.75 Å². The molecule has 0 unspecified atom stereocenters. The molecular weight excluding hydrogens is 374 g/mol. The summed E-state index contributed by atoms with van der Waals surface area (Å²) in [6, 6.07) is 16.6. The van der Waals surface area contributed by atoms with Gasteiger partial charge in [-0.05, 0) is 48.1 Å². The van der Waals surface area contributed by atoms with E-state index in [4.69, 9.17) is 9.72 Å². The average molecular weight is 406 g/mol. The molecule has 2 aromatic carbocycles. The van der Waals surface area contributed by atoms with Gasteiger partial charge in [0.2, 0.25) is 5.91 Å². The van der Waals surface area contributed by atoms with Crippen LogP contribution in [0.3, 0.4) is 0 Å². The number of hydrogen-bond acceptors (Lipinski definition) is 3. The van der Waals surface area contributed by atoms with Gasteiger partial charge in [-0.3, -0.25) is 4.79 Å². The van der Waals surface area contributed by atoms with Gasteiger partial charge in [-0.1, -0.05) is 45.0 Å². The number of likely N-dealkylation sites (tertiary alicyclic amines) is 1. The minimum absolute atomic E-state index is 0.0426. The number of aromatic nitrogens is 2. The number of amides is 1. The van der Waals surface area contributed by atoms with Crippen LogP contribution in [0.4, 0.5) is 0 Å². The molecule has 0 bridgehead atoms. The zero-order valence-electron chi connectivity index (χ0n) is 18.4. The highest BCUT2D eigenvalue weighted by Gasteiger charge is 2.32.